The van der Waals surface area contributed by atoms with E-state index in [4.69, 9.17) is 0 Å². The van der Waals surface area contributed by atoms with Crippen molar-refractivity contribution in [3.05, 3.63) is 53.1 Å². The first-order valence-electron chi connectivity index (χ1n) is 11.6. The van der Waals surface area contributed by atoms with Gasteiger partial charge in [0.15, 0.2) is 0 Å². The van der Waals surface area contributed by atoms with Crippen molar-refractivity contribution >= 4 is 11.6 Å². The third kappa shape index (κ3) is 4.93. The maximum Gasteiger partial charge on any atom is 0.317 e. The van der Waals surface area contributed by atoms with Gasteiger partial charge in [-0.3, -0.25) is 0 Å². The van der Waals surface area contributed by atoms with Crippen LogP contribution in [-0.4, -0.2) is 34.2 Å². The fourth-order valence-corrected chi connectivity index (χ4v) is 4.35. The molecule has 0 spiro atoms. The number of amides is 2. The number of carbonyl (C=O) groups excluding carboxylic acids is 1. The van der Waals surface area contributed by atoms with E-state index >= 15 is 0 Å². The van der Waals surface area contributed by atoms with E-state index in [0.717, 1.165) is 73.0 Å². The fourth-order valence-electron chi connectivity index (χ4n) is 4.35. The van der Waals surface area contributed by atoms with E-state index in [9.17, 15) is 15.0 Å². The van der Waals surface area contributed by atoms with Crippen LogP contribution in [0.3, 0.4) is 0 Å². The fraction of sp³-hybridized carbons (Fsp3) is 0.444. The molecule has 3 N–H and O–H groups in total. The maximum absolute atomic E-state index is 12.6. The molecule has 2 amide bonds. The molecule has 3 rings (SSSR count). The average molecular weight is 437 g/mol. The highest BCUT2D eigenvalue weighted by molar-refractivity contribution is 5.87. The van der Waals surface area contributed by atoms with Crippen LogP contribution in [0.15, 0.2) is 30.8 Å². The Bertz CT molecular complexity index is 1010. The Balaban J connectivity index is 2.12. The molecule has 1 heterocycles. The number of hydrogen-bond acceptors (Lipinski definition) is 3. The number of hydrogen-bond donors (Lipinski definition) is 3. The molecular weight excluding hydrogens is 400 g/mol. The lowest BCUT2D eigenvalue weighted by Crippen LogP contribution is -2.48. The van der Waals surface area contributed by atoms with Gasteiger partial charge in [0.2, 0.25) is 0 Å². The summed E-state index contributed by atoms with van der Waals surface area (Å²) < 4.78 is 0. The minimum absolute atomic E-state index is 0.0287. The molecule has 5 heteroatoms. The summed E-state index contributed by atoms with van der Waals surface area (Å²) in [5, 5.41) is 25.6. The van der Waals surface area contributed by atoms with Gasteiger partial charge in [-0.25, -0.2) is 4.79 Å². The molecule has 2 aromatic carbocycles. The van der Waals surface area contributed by atoms with Crippen LogP contribution in [0.2, 0.25) is 0 Å². The van der Waals surface area contributed by atoms with Crippen molar-refractivity contribution < 1.29 is 15.0 Å². The van der Waals surface area contributed by atoms with Gasteiger partial charge in [0, 0.05) is 18.7 Å². The number of rotatable bonds is 8. The van der Waals surface area contributed by atoms with Crippen LogP contribution in [0, 0.1) is 6.92 Å². The summed E-state index contributed by atoms with van der Waals surface area (Å²) in [5.74, 6) is 0.0770. The van der Waals surface area contributed by atoms with Gasteiger partial charge in [-0.15, -0.1) is 0 Å². The van der Waals surface area contributed by atoms with Crippen molar-refractivity contribution in [2.24, 2.45) is 0 Å². The second-order valence-corrected chi connectivity index (χ2v) is 8.99. The van der Waals surface area contributed by atoms with Crippen LogP contribution in [0.4, 0.5) is 4.79 Å². The molecule has 1 saturated heterocycles. The highest BCUT2D eigenvalue weighted by Gasteiger charge is 2.27. The molecular formula is C27H36N2O3. The van der Waals surface area contributed by atoms with Crippen molar-refractivity contribution in [2.45, 2.75) is 65.8 Å². The van der Waals surface area contributed by atoms with Crippen LogP contribution < -0.4 is 5.32 Å². The summed E-state index contributed by atoms with van der Waals surface area (Å²) in [5.41, 5.74) is 5.45. The number of nitrogens with zero attached hydrogens (tertiary/aromatic N) is 1. The summed E-state index contributed by atoms with van der Waals surface area (Å²) in [6.07, 6.45) is 4.86. The SMILES string of the molecule is C=C(C)c1ccc(C)cc1-c1c(O)cc(CCCCC)c(C(C)NC(=O)N2CCC2)c1O. The van der Waals surface area contributed by atoms with Crippen LogP contribution >= 0.6 is 0 Å². The number of aryl methyl sites for hydroxylation is 2. The Morgan fingerprint density at radius 3 is 2.53 bits per heavy atom. The molecule has 0 saturated carbocycles. The number of urea groups is 1. The zero-order chi connectivity index (χ0) is 23.4. The zero-order valence-electron chi connectivity index (χ0n) is 19.8. The lowest BCUT2D eigenvalue weighted by Gasteiger charge is -2.32. The molecule has 1 unspecified atom stereocenters. The van der Waals surface area contributed by atoms with Gasteiger partial charge in [0.1, 0.15) is 11.5 Å². The number of nitrogens with one attached hydrogen (secondary N) is 1. The molecule has 32 heavy (non-hydrogen) atoms. The quantitative estimate of drug-likeness (QED) is 0.424. The third-order valence-corrected chi connectivity index (χ3v) is 6.28. The van der Waals surface area contributed by atoms with E-state index in [1.54, 1.807) is 11.0 Å². The van der Waals surface area contributed by atoms with E-state index < -0.39 is 6.04 Å². The minimum Gasteiger partial charge on any atom is -0.507 e. The van der Waals surface area contributed by atoms with Crippen LogP contribution in [0.25, 0.3) is 16.7 Å². The van der Waals surface area contributed by atoms with Crippen molar-refractivity contribution in [3.8, 4) is 22.6 Å². The molecule has 0 aliphatic carbocycles. The van der Waals surface area contributed by atoms with Gasteiger partial charge in [-0.05, 0) is 62.8 Å². The topological polar surface area (TPSA) is 72.8 Å². The van der Waals surface area contributed by atoms with Gasteiger partial charge in [0.25, 0.3) is 0 Å². The predicted molar refractivity (Wildman–Crippen MR) is 131 cm³/mol. The highest BCUT2D eigenvalue weighted by atomic mass is 16.3. The molecule has 1 aliphatic heterocycles. The smallest absolute Gasteiger partial charge is 0.317 e. The van der Waals surface area contributed by atoms with Crippen molar-refractivity contribution in [1.29, 1.82) is 0 Å². The van der Waals surface area contributed by atoms with Crippen molar-refractivity contribution in [3.63, 3.8) is 0 Å². The first kappa shape index (κ1) is 23.7. The Kier molecular flexibility index (Phi) is 7.49. The van der Waals surface area contributed by atoms with Crippen molar-refractivity contribution in [1.82, 2.24) is 10.2 Å². The first-order valence-corrected chi connectivity index (χ1v) is 11.6. The standard InChI is InChI=1S/C27H36N2O3/c1-6-7-8-10-20-16-23(30)25(22-15-18(4)11-12-21(22)17(2)3)26(31)24(20)19(5)28-27(32)29-13-9-14-29/h11-12,15-16,19,30-31H,2,6-10,13-14H2,1,3-5H3,(H,28,32). The number of aromatic hydroxyl groups is 2. The van der Waals surface area contributed by atoms with Crippen LogP contribution in [-0.2, 0) is 6.42 Å². The molecule has 1 aliphatic rings. The van der Waals surface area contributed by atoms with Crippen molar-refractivity contribution in [2.75, 3.05) is 13.1 Å². The number of unbranched alkanes of at least 4 members (excludes halogenated alkanes) is 2. The number of phenolic OH excluding ortho intramolecular Hbond substituents is 2. The second-order valence-electron chi connectivity index (χ2n) is 8.99. The number of likely N-dealkylation sites (tertiary alicyclic amines) is 1. The normalized spacial score (nSPS) is 14.1. The Labute approximate surface area is 191 Å². The first-order chi connectivity index (χ1) is 15.2. The molecule has 1 fully saturated rings. The van der Waals surface area contributed by atoms with Gasteiger partial charge in [0.05, 0.1) is 11.6 Å². The van der Waals surface area contributed by atoms with E-state index in [1.165, 1.54) is 0 Å². The Hall–Kier alpha value is -2.95. The summed E-state index contributed by atoms with van der Waals surface area (Å²) in [7, 11) is 0. The van der Waals surface area contributed by atoms with E-state index in [0.29, 0.717) is 11.1 Å². The number of carbonyl (C=O) groups is 1. The molecule has 0 aromatic heterocycles. The summed E-state index contributed by atoms with van der Waals surface area (Å²) in [6, 6.07) is 7.18. The molecule has 2 aromatic rings. The van der Waals surface area contributed by atoms with Gasteiger partial charge < -0.3 is 20.4 Å². The molecule has 1 atom stereocenters. The summed E-state index contributed by atoms with van der Waals surface area (Å²) in [6.45, 7) is 13.5. The Morgan fingerprint density at radius 1 is 1.22 bits per heavy atom. The summed E-state index contributed by atoms with van der Waals surface area (Å²) in [4.78, 5) is 14.3. The number of phenols is 2. The lowest BCUT2D eigenvalue weighted by molar-refractivity contribution is 0.164. The minimum atomic E-state index is -0.392. The third-order valence-electron chi connectivity index (χ3n) is 6.28. The molecule has 0 bridgehead atoms. The Morgan fingerprint density at radius 2 is 1.94 bits per heavy atom. The monoisotopic (exact) mass is 436 g/mol. The maximum atomic E-state index is 12.6. The highest BCUT2D eigenvalue weighted by Crippen LogP contribution is 2.46. The van der Waals surface area contributed by atoms with Gasteiger partial charge >= 0.3 is 6.03 Å². The van der Waals surface area contributed by atoms with Crippen LogP contribution in [0.5, 0.6) is 11.5 Å². The van der Waals surface area contributed by atoms with E-state index in [1.807, 2.05) is 39.0 Å². The van der Waals surface area contributed by atoms with Crippen LogP contribution in [0.1, 0.15) is 74.8 Å². The average Bonchev–Trinajstić information content (AvgIpc) is 2.66. The van der Waals surface area contributed by atoms with Gasteiger partial charge in [-0.2, -0.15) is 0 Å². The van der Waals surface area contributed by atoms with E-state index in [2.05, 4.69) is 18.8 Å². The number of benzene rings is 2. The predicted octanol–water partition coefficient (Wildman–Crippen LogP) is 6.32. The molecule has 5 nitrogen and oxygen atoms in total. The molecule has 172 valence electrons. The second kappa shape index (κ2) is 10.1. The largest absolute Gasteiger partial charge is 0.507 e. The summed E-state index contributed by atoms with van der Waals surface area (Å²) >= 11 is 0. The zero-order valence-corrected chi connectivity index (χ0v) is 19.8. The van der Waals surface area contributed by atoms with E-state index in [-0.39, 0.29) is 17.5 Å². The lowest BCUT2D eigenvalue weighted by atomic mass is 9.87. The molecule has 0 radical (unpaired) electrons. The van der Waals surface area contributed by atoms with Gasteiger partial charge in [-0.1, -0.05) is 55.7 Å². The number of allylic oxidation sites excluding steroid dienone is 1.